The average molecular weight is 703 g/mol. The normalized spacial score (nSPS) is 14.1. The minimum Gasteiger partial charge on any atom is -0.467 e. The Morgan fingerprint density at radius 3 is 2.17 bits per heavy atom. The number of aromatic nitrogens is 1. The van der Waals surface area contributed by atoms with Gasteiger partial charge in [-0.3, -0.25) is 4.31 Å². The molecule has 0 radical (unpaired) electrons. The van der Waals surface area contributed by atoms with E-state index in [0.29, 0.717) is 44.7 Å². The summed E-state index contributed by atoms with van der Waals surface area (Å²) in [4.78, 5) is 17.1. The Morgan fingerprint density at radius 1 is 1.09 bits per heavy atom. The Bertz CT molecular complexity index is 1730. The summed E-state index contributed by atoms with van der Waals surface area (Å²) in [6, 6.07) is 8.58. The fourth-order valence-electron chi connectivity index (χ4n) is 5.38. The maximum atomic E-state index is 14.2. The molecule has 2 aromatic carbocycles. The first-order valence-corrected chi connectivity index (χ1v) is 20.5. The van der Waals surface area contributed by atoms with Crippen molar-refractivity contribution in [2.24, 2.45) is 0 Å². The molecule has 0 amide bonds. The van der Waals surface area contributed by atoms with Gasteiger partial charge in [-0.15, -0.1) is 6.58 Å². The van der Waals surface area contributed by atoms with Gasteiger partial charge in [0.1, 0.15) is 0 Å². The number of halogens is 1. The quantitative estimate of drug-likeness (QED) is 0.108. The molecule has 0 aliphatic rings. The number of H-pyrrole nitrogens is 1. The number of esters is 1. The maximum absolute atomic E-state index is 14.2. The number of nitrogens with zero attached hydrogens (tertiary/aromatic N) is 1. The maximum Gasteiger partial charge on any atom is 0.339 e. The number of methoxy groups -OCH3 is 1. The molecule has 0 spiro atoms. The average Bonchev–Trinajstić information content (AvgIpc) is 3.35. The van der Waals surface area contributed by atoms with Crippen LogP contribution in [0.25, 0.3) is 22.0 Å². The molecule has 0 saturated carbocycles. The summed E-state index contributed by atoms with van der Waals surface area (Å²) >= 11 is 6.30. The van der Waals surface area contributed by atoms with E-state index in [1.165, 1.54) is 11.4 Å². The van der Waals surface area contributed by atoms with Crippen molar-refractivity contribution in [2.75, 3.05) is 18.0 Å². The van der Waals surface area contributed by atoms with Crippen LogP contribution in [0.2, 0.25) is 23.2 Å². The molecule has 1 heterocycles. The second kappa shape index (κ2) is 14.3. The number of anilines is 1. The van der Waals surface area contributed by atoms with E-state index in [-0.39, 0.29) is 11.6 Å². The lowest BCUT2D eigenvalue weighted by atomic mass is 9.87. The van der Waals surface area contributed by atoms with Gasteiger partial charge in [-0.2, -0.15) is 0 Å². The minimum absolute atomic E-state index is 0.0982. The number of nitrogens with one attached hydrogen (secondary N) is 1. The highest BCUT2D eigenvalue weighted by molar-refractivity contribution is 7.95. The molecule has 0 bridgehead atoms. The molecule has 2 atom stereocenters. The van der Waals surface area contributed by atoms with Gasteiger partial charge in [0, 0.05) is 27.1 Å². The summed E-state index contributed by atoms with van der Waals surface area (Å²) < 4.78 is 48.2. The van der Waals surface area contributed by atoms with Crippen LogP contribution in [0.4, 0.5) is 5.69 Å². The van der Waals surface area contributed by atoms with E-state index >= 15 is 0 Å². The summed E-state index contributed by atoms with van der Waals surface area (Å²) in [6.07, 6.45) is 0.801. The van der Waals surface area contributed by atoms with Gasteiger partial charge in [0.2, 0.25) is 0 Å². The summed E-state index contributed by atoms with van der Waals surface area (Å²) in [5, 5.41) is 2.11. The number of fused-ring (bicyclic) bond motifs is 1. The zero-order valence-electron chi connectivity index (χ0n) is 29.7. The molecule has 0 saturated heterocycles. The first-order chi connectivity index (χ1) is 21.6. The molecule has 1 N–H and O–H groups in total. The second-order valence-corrected chi connectivity index (χ2v) is 21.4. The van der Waals surface area contributed by atoms with Crippen LogP contribution in [0, 0.1) is 13.8 Å². The molecule has 0 unspecified atom stereocenters. The molecule has 47 heavy (non-hydrogen) atoms. The number of sulfonamides is 1. The fourth-order valence-corrected chi connectivity index (χ4v) is 7.75. The Labute approximate surface area is 287 Å². The van der Waals surface area contributed by atoms with Crippen molar-refractivity contribution >= 4 is 52.5 Å². The third-order valence-electron chi connectivity index (χ3n) is 8.69. The molecule has 1 aromatic heterocycles. The summed E-state index contributed by atoms with van der Waals surface area (Å²) in [7, 11) is -5.12. The van der Waals surface area contributed by atoms with Crippen molar-refractivity contribution in [1.29, 1.82) is 0 Å². The zero-order chi connectivity index (χ0) is 35.7. The van der Waals surface area contributed by atoms with Crippen LogP contribution in [-0.2, 0) is 28.7 Å². The standard InChI is InChI=1S/C36H51ClN2O6SSi/c1-14-16-27(22-44-47(12,13)36(8,9)10)39(46(41,42)15-2)32-24(4)29(33(34(40)43-11)45-35(5,6)7)30(25-17-19-26(37)20-18-25)28-21-23(3)38-31(28)32/h14-15,17-21,27,33,38H,1-2,16,22H2,3-13H3/t27-,33-/m0/s1. The van der Waals surface area contributed by atoms with Crippen LogP contribution in [-0.4, -0.2) is 53.0 Å². The van der Waals surface area contributed by atoms with E-state index in [4.69, 9.17) is 25.5 Å². The fraction of sp³-hybridized carbons (Fsp3) is 0.472. The molecule has 8 nitrogen and oxygen atoms in total. The first kappa shape index (κ1) is 38.6. The Morgan fingerprint density at radius 2 is 1.68 bits per heavy atom. The Balaban J connectivity index is 2.57. The van der Waals surface area contributed by atoms with Gasteiger partial charge < -0.3 is 18.9 Å². The van der Waals surface area contributed by atoms with Crippen molar-refractivity contribution in [3.8, 4) is 11.1 Å². The van der Waals surface area contributed by atoms with Crippen LogP contribution >= 0.6 is 11.6 Å². The van der Waals surface area contributed by atoms with E-state index in [1.54, 1.807) is 18.2 Å². The van der Waals surface area contributed by atoms with Crippen molar-refractivity contribution in [2.45, 2.75) is 97.7 Å². The summed E-state index contributed by atoms with van der Waals surface area (Å²) in [6.45, 7) is 27.7. The Hall–Kier alpha value is -2.89. The number of hydrogen-bond acceptors (Lipinski definition) is 6. The number of carbonyl (C=O) groups is 1. The summed E-state index contributed by atoms with van der Waals surface area (Å²) in [5.74, 6) is -0.613. The monoisotopic (exact) mass is 702 g/mol. The highest BCUT2D eigenvalue weighted by Gasteiger charge is 2.41. The molecule has 0 aliphatic heterocycles. The highest BCUT2D eigenvalue weighted by Crippen LogP contribution is 2.48. The third-order valence-corrected chi connectivity index (χ3v) is 14.9. The predicted octanol–water partition coefficient (Wildman–Crippen LogP) is 9.38. The van der Waals surface area contributed by atoms with E-state index in [9.17, 15) is 13.2 Å². The number of aromatic amines is 1. The molecule has 258 valence electrons. The molecule has 0 fully saturated rings. The largest absolute Gasteiger partial charge is 0.467 e. The van der Waals surface area contributed by atoms with Crippen LogP contribution in [0.1, 0.15) is 70.9 Å². The molecular formula is C36H51ClN2O6SSi. The van der Waals surface area contributed by atoms with Gasteiger partial charge in [0.05, 0.1) is 36.6 Å². The molecular weight excluding hydrogens is 652 g/mol. The third kappa shape index (κ3) is 8.40. The first-order valence-electron chi connectivity index (χ1n) is 15.7. The van der Waals surface area contributed by atoms with E-state index in [0.717, 1.165) is 16.7 Å². The lowest BCUT2D eigenvalue weighted by molar-refractivity contribution is -0.164. The van der Waals surface area contributed by atoms with Gasteiger partial charge in [0.25, 0.3) is 10.0 Å². The molecule has 0 aliphatic carbocycles. The zero-order valence-corrected chi connectivity index (χ0v) is 32.3. The van der Waals surface area contributed by atoms with Gasteiger partial charge in [-0.1, -0.05) is 57.2 Å². The number of benzene rings is 2. The van der Waals surface area contributed by atoms with Crippen LogP contribution in [0.15, 0.2) is 55.0 Å². The van der Waals surface area contributed by atoms with Crippen molar-refractivity contribution in [3.05, 3.63) is 76.8 Å². The second-order valence-electron chi connectivity index (χ2n) is 14.4. The molecule has 3 aromatic rings. The van der Waals surface area contributed by atoms with E-state index in [1.807, 2.05) is 52.8 Å². The van der Waals surface area contributed by atoms with E-state index < -0.39 is 42.1 Å². The van der Waals surface area contributed by atoms with Crippen LogP contribution in [0.5, 0.6) is 0 Å². The SMILES string of the molecule is C=CC[C@@H](CO[Si](C)(C)C(C)(C)C)N(c1c(C)c([C@H](OC(C)(C)C)C(=O)OC)c(-c2ccc(Cl)cc2)c2cc(C)[nH]c12)S(=O)(=O)C=C. The number of carbonyl (C=O) groups excluding carboxylic acids is 1. The Kier molecular flexibility index (Phi) is 11.7. The number of hydrogen-bond donors (Lipinski definition) is 1. The number of rotatable bonds is 13. The van der Waals surface area contributed by atoms with Crippen molar-refractivity contribution in [1.82, 2.24) is 4.98 Å². The number of ether oxygens (including phenoxy) is 2. The van der Waals surface area contributed by atoms with Crippen LogP contribution in [0.3, 0.4) is 0 Å². The van der Waals surface area contributed by atoms with Gasteiger partial charge in [-0.05, 0) is 94.1 Å². The summed E-state index contributed by atoms with van der Waals surface area (Å²) in [5.41, 5.74) is 3.48. The molecule has 3 rings (SSSR count). The van der Waals surface area contributed by atoms with E-state index in [2.05, 4.69) is 52.0 Å². The van der Waals surface area contributed by atoms with Crippen molar-refractivity contribution in [3.63, 3.8) is 0 Å². The minimum atomic E-state index is -4.14. The predicted molar refractivity (Wildman–Crippen MR) is 197 cm³/mol. The number of aryl methyl sites for hydroxylation is 1. The van der Waals surface area contributed by atoms with Gasteiger partial charge in [0.15, 0.2) is 14.4 Å². The van der Waals surface area contributed by atoms with Crippen LogP contribution < -0.4 is 4.31 Å². The van der Waals surface area contributed by atoms with Gasteiger partial charge in [-0.25, -0.2) is 13.2 Å². The lowest BCUT2D eigenvalue weighted by Crippen LogP contribution is -2.48. The van der Waals surface area contributed by atoms with Gasteiger partial charge >= 0.3 is 5.97 Å². The topological polar surface area (TPSA) is 97.9 Å². The lowest BCUT2D eigenvalue weighted by Gasteiger charge is -2.40. The molecule has 11 heteroatoms. The highest BCUT2D eigenvalue weighted by atomic mass is 35.5. The van der Waals surface area contributed by atoms with Crippen molar-refractivity contribution < 1.29 is 27.1 Å². The smallest absolute Gasteiger partial charge is 0.339 e.